The fraction of sp³-hybridized carbons (Fsp3) is 0.671. The van der Waals surface area contributed by atoms with Crippen molar-refractivity contribution in [3.05, 3.63) is 136 Å². The van der Waals surface area contributed by atoms with E-state index < -0.39 is 22.4 Å². The highest BCUT2D eigenvalue weighted by atomic mass is 16.5. The van der Waals surface area contributed by atoms with Gasteiger partial charge < -0.3 is 44.8 Å². The van der Waals surface area contributed by atoms with Gasteiger partial charge in [0.15, 0.2) is 0 Å². The molecule has 4 aromatic rings. The molecule has 7 unspecified atom stereocenters. The van der Waals surface area contributed by atoms with Crippen molar-refractivity contribution in [1.29, 1.82) is 0 Å². The van der Waals surface area contributed by atoms with E-state index in [1.165, 1.54) is 122 Å². The lowest BCUT2D eigenvalue weighted by Crippen LogP contribution is -2.62. The van der Waals surface area contributed by atoms with Crippen LogP contribution in [0.3, 0.4) is 0 Å². The van der Waals surface area contributed by atoms with Crippen molar-refractivity contribution in [3.8, 4) is 5.75 Å². The lowest BCUT2D eigenvalue weighted by Gasteiger charge is -2.62. The molecular weight excluding hydrogens is 1010 g/mol. The molecule has 12 aliphatic rings. The molecule has 0 amide bonds. The van der Waals surface area contributed by atoms with E-state index in [0.29, 0.717) is 35.5 Å². The van der Waals surface area contributed by atoms with Crippen LogP contribution in [0, 0.1) is 40.4 Å². The maximum atomic E-state index is 12.0. The molecule has 4 N–H and O–H groups in total. The van der Waals surface area contributed by atoms with Crippen molar-refractivity contribution in [1.82, 2.24) is 19.6 Å². The van der Waals surface area contributed by atoms with Gasteiger partial charge in [-0.2, -0.15) is 0 Å². The minimum absolute atomic E-state index is 0.00922. The number of hydrogen-bond acceptors (Lipinski definition) is 9. The fourth-order valence-electron chi connectivity index (χ4n) is 20.4. The molecule has 4 heterocycles. The zero-order valence-electron chi connectivity index (χ0n) is 51.7. The second-order valence-electron chi connectivity index (χ2n) is 30.1. The Morgan fingerprint density at radius 3 is 1.28 bits per heavy atom. The predicted octanol–water partition coefficient (Wildman–Crippen LogP) is 13.0. The molecule has 446 valence electrons. The third-order valence-electron chi connectivity index (χ3n) is 25.0. The third-order valence-corrected chi connectivity index (χ3v) is 25.0. The van der Waals surface area contributed by atoms with E-state index in [-0.39, 0.29) is 16.7 Å². The molecule has 4 aliphatic heterocycles. The van der Waals surface area contributed by atoms with Gasteiger partial charge >= 0.3 is 0 Å². The highest BCUT2D eigenvalue weighted by Crippen LogP contribution is 2.73. The number of nitrogens with zero attached hydrogens (tertiary/aromatic N) is 4. The van der Waals surface area contributed by atoms with Gasteiger partial charge in [0.05, 0.1) is 29.5 Å². The van der Waals surface area contributed by atoms with Gasteiger partial charge in [-0.25, -0.2) is 0 Å². The second-order valence-corrected chi connectivity index (χ2v) is 30.1. The molecule has 0 saturated heterocycles. The maximum absolute atomic E-state index is 12.0. The minimum atomic E-state index is -0.614. The summed E-state index contributed by atoms with van der Waals surface area (Å²) >= 11 is 0. The van der Waals surface area contributed by atoms with Crippen LogP contribution in [0.5, 0.6) is 5.75 Å². The number of hydrogen-bond donors (Lipinski definition) is 4. The molecule has 8 aliphatic carbocycles. The maximum Gasteiger partial charge on any atom is 0.119 e. The molecule has 6 bridgehead atoms. The molecule has 0 aromatic heterocycles. The number of aliphatic hydroxyl groups is 4. The first-order valence-corrected chi connectivity index (χ1v) is 32.8. The minimum Gasteiger partial charge on any atom is -0.497 e. The Morgan fingerprint density at radius 1 is 0.439 bits per heavy atom. The molecular formula is C73H104N4O5. The molecule has 7 atom stereocenters. The van der Waals surface area contributed by atoms with Crippen LogP contribution in [0.2, 0.25) is 0 Å². The van der Waals surface area contributed by atoms with Crippen LogP contribution in [0.25, 0.3) is 0 Å². The van der Waals surface area contributed by atoms with Crippen molar-refractivity contribution in [2.24, 2.45) is 40.4 Å². The van der Waals surface area contributed by atoms with E-state index in [2.05, 4.69) is 160 Å². The van der Waals surface area contributed by atoms with Gasteiger partial charge in [0.1, 0.15) is 5.75 Å². The largest absolute Gasteiger partial charge is 0.497 e. The van der Waals surface area contributed by atoms with Gasteiger partial charge in [0, 0.05) is 81.4 Å². The molecule has 8 fully saturated rings. The number of methoxy groups -OCH3 is 1. The van der Waals surface area contributed by atoms with Crippen LogP contribution in [0.4, 0.5) is 0 Å². The van der Waals surface area contributed by atoms with Crippen molar-refractivity contribution < 1.29 is 25.2 Å². The smallest absolute Gasteiger partial charge is 0.119 e. The van der Waals surface area contributed by atoms with Crippen LogP contribution >= 0.6 is 0 Å². The Hall–Kier alpha value is -3.64. The second kappa shape index (κ2) is 22.9. The summed E-state index contributed by atoms with van der Waals surface area (Å²) in [4.78, 5) is 9.46. The van der Waals surface area contributed by atoms with Crippen LogP contribution < -0.4 is 4.74 Å². The molecule has 9 nitrogen and oxygen atoms in total. The fourth-order valence-corrected chi connectivity index (χ4v) is 20.4. The summed E-state index contributed by atoms with van der Waals surface area (Å²) in [5.74, 6) is 5.58. The Labute approximate surface area is 494 Å². The van der Waals surface area contributed by atoms with Crippen LogP contribution in [0.15, 0.2) is 91.0 Å². The molecule has 0 spiro atoms. The van der Waals surface area contributed by atoms with E-state index in [4.69, 9.17) is 4.74 Å². The first-order valence-electron chi connectivity index (χ1n) is 32.8. The molecule has 4 aromatic carbocycles. The molecule has 82 heavy (non-hydrogen) atoms. The summed E-state index contributed by atoms with van der Waals surface area (Å²) in [7, 11) is 10.4. The third kappa shape index (κ3) is 10.5. The quantitative estimate of drug-likeness (QED) is 0.146. The number of fused-ring (bicyclic) bond motifs is 6. The van der Waals surface area contributed by atoms with E-state index in [1.807, 2.05) is 0 Å². The van der Waals surface area contributed by atoms with E-state index >= 15 is 0 Å². The lowest BCUT2D eigenvalue weighted by molar-refractivity contribution is -0.189. The predicted molar refractivity (Wildman–Crippen MR) is 331 cm³/mol. The highest BCUT2D eigenvalue weighted by molar-refractivity contribution is 5.43. The van der Waals surface area contributed by atoms with Gasteiger partial charge in [-0.3, -0.25) is 0 Å². The summed E-state index contributed by atoms with van der Waals surface area (Å²) in [6, 6.07) is 32.6. The first-order chi connectivity index (χ1) is 39.2. The highest BCUT2D eigenvalue weighted by Gasteiger charge is 2.71. The van der Waals surface area contributed by atoms with Gasteiger partial charge in [0.25, 0.3) is 0 Å². The number of likely N-dealkylation sites (N-methyl/N-ethyl adjacent to an activating group) is 4. The first kappa shape index (κ1) is 58.7. The van der Waals surface area contributed by atoms with Gasteiger partial charge in [-0.15, -0.1) is 0 Å². The van der Waals surface area contributed by atoms with Crippen LogP contribution in [-0.2, 0) is 26.2 Å². The summed E-state index contributed by atoms with van der Waals surface area (Å²) in [5.41, 5.74) is 9.30. The Kier molecular flexibility index (Phi) is 16.4. The number of benzene rings is 4. The van der Waals surface area contributed by atoms with Crippen molar-refractivity contribution >= 4 is 0 Å². The summed E-state index contributed by atoms with van der Waals surface area (Å²) in [5, 5.41) is 46.1. The average Bonchev–Trinajstić information content (AvgIpc) is 1.78. The number of rotatable bonds is 5. The SMILES string of the molecule is CN1Cc2ccccc2C(C2(O)C3CC4CC(C3)CC2C4)C1.CN1Cc2ccccc2C(C2(O)CCCC2)C1.CN1Cc2ccccc2C(C2(O)CCCCCC2)C1.COc1ccc2c(c1)CN(C)CC2C1(O)CC2CCC1(C)C2(C)C. The Morgan fingerprint density at radius 2 is 0.841 bits per heavy atom. The monoisotopic (exact) mass is 1120 g/mol. The normalized spacial score (nSPS) is 36.6. The molecule has 0 radical (unpaired) electrons. The molecule has 9 heteroatoms. The van der Waals surface area contributed by atoms with E-state index in [9.17, 15) is 20.4 Å². The van der Waals surface area contributed by atoms with Gasteiger partial charge in [-0.1, -0.05) is 138 Å². The standard InChI is InChI=1S/C21H31NO2.C20H27NO.C17H25NO.C15H21NO/c1-19(2)15-8-9-20(19,3)21(23,11-15)18-13-22(4)12-14-10-16(24-5)6-7-17(14)18;1-21-11-15-4-2-3-5-18(15)19(12-21)20(22)16-7-13-6-14(9-16)10-17(20)8-13;1-18-12-14-8-4-5-9-15(14)16(13-18)17(19)10-6-2-3-7-11-17;1-16-10-12-6-2-3-7-13(12)14(11-16)15(17)8-4-5-9-15/h6-7,10,15,18,23H,8-9,11-13H2,1-5H3;2-5,13-14,16-17,19,22H,6-12H2,1H3;4-5,8-9,16,19H,2-3,6-7,10-13H2,1H3;2-3,6-7,14,17H,4-5,8-11H2,1H3. The van der Waals surface area contributed by atoms with E-state index in [0.717, 1.165) is 108 Å². The van der Waals surface area contributed by atoms with Crippen LogP contribution in [0.1, 0.15) is 205 Å². The van der Waals surface area contributed by atoms with Crippen molar-refractivity contribution in [3.63, 3.8) is 0 Å². The summed E-state index contributed by atoms with van der Waals surface area (Å²) < 4.78 is 5.42. The zero-order valence-corrected chi connectivity index (χ0v) is 51.7. The summed E-state index contributed by atoms with van der Waals surface area (Å²) in [6.45, 7) is 15.1. The van der Waals surface area contributed by atoms with Crippen molar-refractivity contribution in [2.75, 3.05) is 61.5 Å². The van der Waals surface area contributed by atoms with E-state index in [1.54, 1.807) is 7.11 Å². The summed E-state index contributed by atoms with van der Waals surface area (Å²) in [6.07, 6.45) is 21.1. The average molecular weight is 1120 g/mol. The number of ether oxygens (including phenoxy) is 1. The topological polar surface area (TPSA) is 103 Å². The Bertz CT molecular complexity index is 2840. The van der Waals surface area contributed by atoms with Gasteiger partial charge in [0.2, 0.25) is 0 Å². The van der Waals surface area contributed by atoms with Crippen LogP contribution in [-0.4, -0.2) is 124 Å². The lowest BCUT2D eigenvalue weighted by atomic mass is 9.46. The van der Waals surface area contributed by atoms with Crippen molar-refractivity contribution in [2.45, 2.75) is 209 Å². The molecule has 8 saturated carbocycles. The zero-order chi connectivity index (χ0) is 57.4. The molecule has 16 rings (SSSR count). The van der Waals surface area contributed by atoms with Gasteiger partial charge in [-0.05, 0) is 197 Å². The Balaban J connectivity index is 0.000000109.